The van der Waals surface area contributed by atoms with Crippen LogP contribution in [-0.4, -0.2) is 37.2 Å². The van der Waals surface area contributed by atoms with Crippen LogP contribution in [-0.2, 0) is 0 Å². The maximum Gasteiger partial charge on any atom is 0.280 e. The highest BCUT2D eigenvalue weighted by Gasteiger charge is 2.17. The second kappa shape index (κ2) is 5.60. The van der Waals surface area contributed by atoms with Gasteiger partial charge in [-0.25, -0.2) is 4.52 Å². The lowest BCUT2D eigenvalue weighted by Crippen LogP contribution is -2.12. The predicted molar refractivity (Wildman–Crippen MR) is 90.1 cm³/mol. The SMILES string of the molecule is CSc1nnc(NC(=O)c2nnn3c2ccc2ccccc23)s1. The van der Waals surface area contributed by atoms with Crippen LogP contribution in [0.5, 0.6) is 0 Å². The number of benzene rings is 1. The first kappa shape index (κ1) is 14.1. The van der Waals surface area contributed by atoms with E-state index >= 15 is 0 Å². The minimum atomic E-state index is -0.348. The zero-order chi connectivity index (χ0) is 15.8. The van der Waals surface area contributed by atoms with Crippen LogP contribution in [0.25, 0.3) is 16.4 Å². The normalized spacial score (nSPS) is 11.2. The number of nitrogens with zero attached hydrogens (tertiary/aromatic N) is 5. The van der Waals surface area contributed by atoms with Crippen LogP contribution in [0.4, 0.5) is 5.13 Å². The van der Waals surface area contributed by atoms with Crippen molar-refractivity contribution >= 4 is 50.6 Å². The molecule has 3 aromatic heterocycles. The van der Waals surface area contributed by atoms with E-state index in [1.807, 2.05) is 42.7 Å². The van der Waals surface area contributed by atoms with Crippen molar-refractivity contribution in [3.05, 3.63) is 42.1 Å². The summed E-state index contributed by atoms with van der Waals surface area (Å²) >= 11 is 2.80. The summed E-state index contributed by atoms with van der Waals surface area (Å²) in [5.74, 6) is -0.348. The van der Waals surface area contributed by atoms with Crippen LogP contribution >= 0.6 is 23.1 Å². The Morgan fingerprint density at radius 2 is 2.00 bits per heavy atom. The Labute approximate surface area is 138 Å². The molecule has 0 saturated carbocycles. The maximum atomic E-state index is 12.4. The number of amides is 1. The van der Waals surface area contributed by atoms with E-state index in [-0.39, 0.29) is 11.6 Å². The lowest BCUT2D eigenvalue weighted by Gasteiger charge is -2.01. The van der Waals surface area contributed by atoms with Crippen LogP contribution in [0.15, 0.2) is 40.7 Å². The molecule has 114 valence electrons. The van der Waals surface area contributed by atoms with Crippen LogP contribution < -0.4 is 5.32 Å². The molecule has 0 aliphatic heterocycles. The quantitative estimate of drug-likeness (QED) is 0.455. The van der Waals surface area contributed by atoms with Crippen molar-refractivity contribution < 1.29 is 4.79 Å². The fourth-order valence-electron chi connectivity index (χ4n) is 2.27. The molecule has 4 aromatic rings. The topological polar surface area (TPSA) is 85.1 Å². The van der Waals surface area contributed by atoms with Gasteiger partial charge in [-0.3, -0.25) is 10.1 Å². The molecule has 3 heterocycles. The van der Waals surface area contributed by atoms with E-state index < -0.39 is 0 Å². The molecule has 1 N–H and O–H groups in total. The van der Waals surface area contributed by atoms with Crippen LogP contribution in [0.3, 0.4) is 0 Å². The standard InChI is InChI=1S/C14H10N6OS2/c1-22-14-18-17-13(23-14)15-12(21)11-10-7-6-8-4-2-3-5-9(8)20(10)19-16-11/h2-7H,1H3,(H,15,17,21). The lowest BCUT2D eigenvalue weighted by atomic mass is 10.2. The van der Waals surface area contributed by atoms with Crippen molar-refractivity contribution in [2.45, 2.75) is 4.34 Å². The van der Waals surface area contributed by atoms with Gasteiger partial charge in [0.2, 0.25) is 5.13 Å². The fourth-order valence-corrected chi connectivity index (χ4v) is 3.43. The molecule has 0 radical (unpaired) electrons. The fraction of sp³-hybridized carbons (Fsp3) is 0.0714. The smallest absolute Gasteiger partial charge is 0.280 e. The minimum Gasteiger partial charge on any atom is -0.295 e. The van der Waals surface area contributed by atoms with E-state index in [2.05, 4.69) is 25.8 Å². The van der Waals surface area contributed by atoms with E-state index in [4.69, 9.17) is 0 Å². The molecule has 0 bridgehead atoms. The highest BCUT2D eigenvalue weighted by atomic mass is 32.2. The molecule has 0 unspecified atom stereocenters. The molecule has 0 aliphatic rings. The molecule has 1 aromatic carbocycles. The molecule has 9 heteroatoms. The van der Waals surface area contributed by atoms with Crippen molar-refractivity contribution in [3.8, 4) is 0 Å². The molecule has 23 heavy (non-hydrogen) atoms. The molecule has 4 rings (SSSR count). The summed E-state index contributed by atoms with van der Waals surface area (Å²) in [5, 5.41) is 20.2. The number of fused-ring (bicyclic) bond motifs is 3. The van der Waals surface area contributed by atoms with Gasteiger partial charge in [0.15, 0.2) is 10.0 Å². The first-order valence-corrected chi connectivity index (χ1v) is 8.72. The number of pyridine rings is 1. The first-order chi connectivity index (χ1) is 11.3. The molecular weight excluding hydrogens is 332 g/mol. The Bertz CT molecular complexity index is 1020. The van der Waals surface area contributed by atoms with Crippen molar-refractivity contribution in [3.63, 3.8) is 0 Å². The number of carbonyl (C=O) groups is 1. The summed E-state index contributed by atoms with van der Waals surface area (Å²) in [6.07, 6.45) is 1.91. The Morgan fingerprint density at radius 1 is 1.13 bits per heavy atom. The minimum absolute atomic E-state index is 0.261. The molecule has 1 amide bonds. The van der Waals surface area contributed by atoms with Crippen LogP contribution in [0, 0.1) is 0 Å². The van der Waals surface area contributed by atoms with Gasteiger partial charge in [-0.2, -0.15) is 0 Å². The average Bonchev–Trinajstić information content (AvgIpc) is 3.21. The van der Waals surface area contributed by atoms with Gasteiger partial charge in [0.1, 0.15) is 5.52 Å². The van der Waals surface area contributed by atoms with E-state index in [1.165, 1.54) is 23.1 Å². The molecule has 0 atom stereocenters. The lowest BCUT2D eigenvalue weighted by molar-refractivity contribution is 0.102. The van der Waals surface area contributed by atoms with Crippen LogP contribution in [0.1, 0.15) is 10.5 Å². The van der Waals surface area contributed by atoms with Crippen molar-refractivity contribution in [1.29, 1.82) is 0 Å². The second-order valence-electron chi connectivity index (χ2n) is 4.66. The highest BCUT2D eigenvalue weighted by molar-refractivity contribution is 8.00. The largest absolute Gasteiger partial charge is 0.295 e. The maximum absolute atomic E-state index is 12.4. The van der Waals surface area contributed by atoms with Gasteiger partial charge >= 0.3 is 0 Å². The Balaban J connectivity index is 1.73. The van der Waals surface area contributed by atoms with E-state index in [9.17, 15) is 4.79 Å². The molecular formula is C14H10N6OS2. The molecule has 7 nitrogen and oxygen atoms in total. The summed E-state index contributed by atoms with van der Waals surface area (Å²) < 4.78 is 2.46. The number of thioether (sulfide) groups is 1. The van der Waals surface area contributed by atoms with Gasteiger partial charge in [0, 0.05) is 5.39 Å². The summed E-state index contributed by atoms with van der Waals surface area (Å²) in [7, 11) is 0. The third kappa shape index (κ3) is 2.43. The Hall–Kier alpha value is -2.52. The zero-order valence-corrected chi connectivity index (χ0v) is 13.6. The number of aromatic nitrogens is 5. The first-order valence-electron chi connectivity index (χ1n) is 6.68. The second-order valence-corrected chi connectivity index (χ2v) is 6.69. The van der Waals surface area contributed by atoms with Gasteiger partial charge in [-0.1, -0.05) is 52.6 Å². The van der Waals surface area contributed by atoms with Crippen LogP contribution in [0.2, 0.25) is 0 Å². The summed E-state index contributed by atoms with van der Waals surface area (Å²) in [4.78, 5) is 12.4. The number of hydrogen-bond acceptors (Lipinski definition) is 7. The number of hydrogen-bond donors (Lipinski definition) is 1. The van der Waals surface area contributed by atoms with Gasteiger partial charge in [0.05, 0.1) is 5.52 Å². The van der Waals surface area contributed by atoms with E-state index in [1.54, 1.807) is 4.52 Å². The zero-order valence-electron chi connectivity index (χ0n) is 11.9. The van der Waals surface area contributed by atoms with Crippen molar-refractivity contribution in [2.24, 2.45) is 0 Å². The van der Waals surface area contributed by atoms with Crippen molar-refractivity contribution in [1.82, 2.24) is 25.0 Å². The molecule has 0 aliphatic carbocycles. The molecule has 0 fully saturated rings. The van der Waals surface area contributed by atoms with Gasteiger partial charge < -0.3 is 0 Å². The third-order valence-electron chi connectivity index (χ3n) is 3.31. The number of rotatable bonds is 3. The highest BCUT2D eigenvalue weighted by Crippen LogP contribution is 2.24. The number of carbonyl (C=O) groups excluding carboxylic acids is 1. The van der Waals surface area contributed by atoms with E-state index in [0.29, 0.717) is 10.6 Å². The summed E-state index contributed by atoms with van der Waals surface area (Å²) in [6.45, 7) is 0. The monoisotopic (exact) mass is 342 g/mol. The summed E-state index contributed by atoms with van der Waals surface area (Å²) in [6, 6.07) is 11.6. The predicted octanol–water partition coefficient (Wildman–Crippen LogP) is 2.71. The Kier molecular flexibility index (Phi) is 3.43. The Morgan fingerprint density at radius 3 is 2.83 bits per heavy atom. The number of nitrogens with one attached hydrogen (secondary N) is 1. The van der Waals surface area contributed by atoms with Crippen molar-refractivity contribution in [2.75, 3.05) is 11.6 Å². The average molecular weight is 342 g/mol. The molecule has 0 spiro atoms. The van der Waals surface area contributed by atoms with Gasteiger partial charge in [-0.05, 0) is 18.4 Å². The molecule has 0 saturated heterocycles. The third-order valence-corrected chi connectivity index (χ3v) is 5.12. The summed E-state index contributed by atoms with van der Waals surface area (Å²) in [5.41, 5.74) is 1.81. The number of anilines is 1. The van der Waals surface area contributed by atoms with Gasteiger partial charge in [0.25, 0.3) is 5.91 Å². The van der Waals surface area contributed by atoms with E-state index in [0.717, 1.165) is 15.2 Å². The number of para-hydroxylation sites is 1. The van der Waals surface area contributed by atoms with Gasteiger partial charge in [-0.15, -0.1) is 15.3 Å².